The fourth-order valence-electron chi connectivity index (χ4n) is 2.05. The van der Waals surface area contributed by atoms with Crippen LogP contribution in [0.1, 0.15) is 11.3 Å². The highest BCUT2D eigenvalue weighted by molar-refractivity contribution is 5.77. The Bertz CT molecular complexity index is 801. The summed E-state index contributed by atoms with van der Waals surface area (Å²) in [6.07, 6.45) is 5.06. The second-order valence-corrected chi connectivity index (χ2v) is 4.49. The van der Waals surface area contributed by atoms with Crippen LogP contribution in [0.5, 0.6) is 0 Å². The molecule has 0 bridgehead atoms. The SMILES string of the molecule is Cc1cc(Nc2nccc(-c3ccncc3)c2C#N)n[nH]1. The molecule has 3 rings (SSSR count). The Balaban J connectivity index is 2.05. The monoisotopic (exact) mass is 276 g/mol. The quantitative estimate of drug-likeness (QED) is 0.767. The number of anilines is 2. The number of aromatic amines is 1. The summed E-state index contributed by atoms with van der Waals surface area (Å²) in [7, 11) is 0. The third kappa shape index (κ3) is 2.58. The zero-order valence-corrected chi connectivity index (χ0v) is 11.3. The third-order valence-corrected chi connectivity index (χ3v) is 3.01. The van der Waals surface area contributed by atoms with Crippen LogP contribution in [-0.4, -0.2) is 20.2 Å². The first-order valence-corrected chi connectivity index (χ1v) is 6.36. The van der Waals surface area contributed by atoms with Gasteiger partial charge >= 0.3 is 0 Å². The van der Waals surface area contributed by atoms with Gasteiger partial charge in [-0.3, -0.25) is 10.1 Å². The van der Waals surface area contributed by atoms with E-state index >= 15 is 0 Å². The lowest BCUT2D eigenvalue weighted by Gasteiger charge is -2.09. The Hall–Kier alpha value is -3.20. The van der Waals surface area contributed by atoms with Gasteiger partial charge in [-0.05, 0) is 30.7 Å². The summed E-state index contributed by atoms with van der Waals surface area (Å²) in [6.45, 7) is 1.91. The normalized spacial score (nSPS) is 10.1. The van der Waals surface area contributed by atoms with E-state index in [0.717, 1.165) is 16.8 Å². The lowest BCUT2D eigenvalue weighted by atomic mass is 10.0. The van der Waals surface area contributed by atoms with Gasteiger partial charge in [0, 0.05) is 35.9 Å². The summed E-state index contributed by atoms with van der Waals surface area (Å²) in [6, 6.07) is 9.59. The van der Waals surface area contributed by atoms with Crippen LogP contribution in [-0.2, 0) is 0 Å². The molecule has 0 fully saturated rings. The number of nitriles is 1. The summed E-state index contributed by atoms with van der Waals surface area (Å²) >= 11 is 0. The largest absolute Gasteiger partial charge is 0.322 e. The van der Waals surface area contributed by atoms with Crippen molar-refractivity contribution in [1.82, 2.24) is 20.2 Å². The first-order chi connectivity index (χ1) is 10.3. The lowest BCUT2D eigenvalue weighted by molar-refractivity contribution is 1.05. The molecule has 102 valence electrons. The molecule has 3 aromatic rings. The maximum atomic E-state index is 9.47. The van der Waals surface area contributed by atoms with Gasteiger partial charge in [0.15, 0.2) is 5.82 Å². The fourth-order valence-corrected chi connectivity index (χ4v) is 2.05. The number of hydrogen-bond acceptors (Lipinski definition) is 5. The molecule has 0 aromatic carbocycles. The summed E-state index contributed by atoms with van der Waals surface area (Å²) in [5.74, 6) is 1.11. The minimum absolute atomic E-state index is 0.476. The molecule has 0 aliphatic rings. The van der Waals surface area contributed by atoms with Gasteiger partial charge in [0.25, 0.3) is 0 Å². The van der Waals surface area contributed by atoms with Crippen molar-refractivity contribution in [2.45, 2.75) is 6.92 Å². The van der Waals surface area contributed by atoms with Crippen molar-refractivity contribution in [2.24, 2.45) is 0 Å². The molecule has 21 heavy (non-hydrogen) atoms. The van der Waals surface area contributed by atoms with Crippen molar-refractivity contribution in [2.75, 3.05) is 5.32 Å². The molecule has 0 spiro atoms. The minimum atomic E-state index is 0.476. The Morgan fingerprint density at radius 3 is 2.67 bits per heavy atom. The van der Waals surface area contributed by atoms with E-state index in [0.29, 0.717) is 17.2 Å². The molecule has 0 saturated heterocycles. The van der Waals surface area contributed by atoms with Crippen LogP contribution >= 0.6 is 0 Å². The van der Waals surface area contributed by atoms with Crippen molar-refractivity contribution in [3.05, 3.63) is 54.1 Å². The Labute approximate surface area is 121 Å². The number of nitrogens with zero attached hydrogens (tertiary/aromatic N) is 4. The third-order valence-electron chi connectivity index (χ3n) is 3.01. The summed E-state index contributed by atoms with van der Waals surface area (Å²) in [5.41, 5.74) is 3.14. The number of hydrogen-bond donors (Lipinski definition) is 2. The predicted molar refractivity (Wildman–Crippen MR) is 78.8 cm³/mol. The lowest BCUT2D eigenvalue weighted by Crippen LogP contribution is -1.99. The van der Waals surface area contributed by atoms with E-state index in [9.17, 15) is 5.26 Å². The van der Waals surface area contributed by atoms with Crippen LogP contribution in [0.4, 0.5) is 11.6 Å². The second-order valence-electron chi connectivity index (χ2n) is 4.49. The maximum absolute atomic E-state index is 9.47. The van der Waals surface area contributed by atoms with Crippen LogP contribution in [0.25, 0.3) is 11.1 Å². The molecule has 3 heterocycles. The van der Waals surface area contributed by atoms with Crippen molar-refractivity contribution in [3.63, 3.8) is 0 Å². The molecular formula is C15H12N6. The van der Waals surface area contributed by atoms with Gasteiger partial charge in [0.1, 0.15) is 17.5 Å². The number of rotatable bonds is 3. The van der Waals surface area contributed by atoms with Gasteiger partial charge in [0.2, 0.25) is 0 Å². The second kappa shape index (κ2) is 5.43. The van der Waals surface area contributed by atoms with E-state index in [2.05, 4.69) is 31.6 Å². The molecule has 2 N–H and O–H groups in total. The molecule has 0 saturated carbocycles. The van der Waals surface area contributed by atoms with Gasteiger partial charge in [-0.25, -0.2) is 4.98 Å². The molecule has 0 aliphatic heterocycles. The highest BCUT2D eigenvalue weighted by atomic mass is 15.2. The van der Waals surface area contributed by atoms with Crippen LogP contribution in [0.15, 0.2) is 42.9 Å². The number of aromatic nitrogens is 4. The summed E-state index contributed by atoms with van der Waals surface area (Å²) in [5, 5.41) is 19.5. The van der Waals surface area contributed by atoms with Gasteiger partial charge in [-0.15, -0.1) is 0 Å². The van der Waals surface area contributed by atoms with Crippen LogP contribution in [0.2, 0.25) is 0 Å². The van der Waals surface area contributed by atoms with E-state index < -0.39 is 0 Å². The zero-order valence-electron chi connectivity index (χ0n) is 11.3. The Kier molecular flexibility index (Phi) is 3.31. The van der Waals surface area contributed by atoms with Crippen molar-refractivity contribution in [1.29, 1.82) is 5.26 Å². The van der Waals surface area contributed by atoms with Crippen LogP contribution in [0.3, 0.4) is 0 Å². The predicted octanol–water partition coefficient (Wildman–Crippen LogP) is 2.79. The first kappa shape index (κ1) is 12.8. The van der Waals surface area contributed by atoms with Crippen molar-refractivity contribution in [3.8, 4) is 17.2 Å². The molecule has 3 aromatic heterocycles. The van der Waals surface area contributed by atoms with E-state index in [1.54, 1.807) is 18.6 Å². The Morgan fingerprint density at radius 2 is 2.00 bits per heavy atom. The van der Waals surface area contributed by atoms with Gasteiger partial charge in [-0.1, -0.05) is 0 Å². The maximum Gasteiger partial charge on any atom is 0.153 e. The molecule has 0 aliphatic carbocycles. The topological polar surface area (TPSA) is 90.3 Å². The average molecular weight is 276 g/mol. The number of pyridine rings is 2. The molecule has 0 unspecified atom stereocenters. The van der Waals surface area contributed by atoms with Crippen LogP contribution in [0, 0.1) is 18.3 Å². The fraction of sp³-hybridized carbons (Fsp3) is 0.0667. The van der Waals surface area contributed by atoms with Gasteiger partial charge in [-0.2, -0.15) is 10.4 Å². The van der Waals surface area contributed by atoms with E-state index in [-0.39, 0.29) is 0 Å². The first-order valence-electron chi connectivity index (χ1n) is 6.36. The van der Waals surface area contributed by atoms with E-state index in [1.165, 1.54) is 0 Å². The number of H-pyrrole nitrogens is 1. The number of aryl methyl sites for hydroxylation is 1. The van der Waals surface area contributed by atoms with E-state index in [4.69, 9.17) is 0 Å². The molecule has 6 nitrogen and oxygen atoms in total. The van der Waals surface area contributed by atoms with Crippen LogP contribution < -0.4 is 5.32 Å². The molecule has 0 atom stereocenters. The van der Waals surface area contributed by atoms with Gasteiger partial charge < -0.3 is 5.32 Å². The summed E-state index contributed by atoms with van der Waals surface area (Å²) < 4.78 is 0. The number of nitrogens with one attached hydrogen (secondary N) is 2. The van der Waals surface area contributed by atoms with Crippen molar-refractivity contribution >= 4 is 11.6 Å². The zero-order chi connectivity index (χ0) is 14.7. The standard InChI is InChI=1S/C15H12N6/c1-10-8-14(21-20-10)19-15-13(9-16)12(4-7-18-15)11-2-5-17-6-3-11/h2-8H,1H3,(H2,18,19,20,21). The molecular weight excluding hydrogens is 264 g/mol. The smallest absolute Gasteiger partial charge is 0.153 e. The van der Waals surface area contributed by atoms with Crippen molar-refractivity contribution < 1.29 is 0 Å². The average Bonchev–Trinajstić information content (AvgIpc) is 2.93. The highest BCUT2D eigenvalue weighted by Gasteiger charge is 2.12. The van der Waals surface area contributed by atoms with E-state index in [1.807, 2.05) is 31.2 Å². The summed E-state index contributed by atoms with van der Waals surface area (Å²) in [4.78, 5) is 8.23. The molecule has 0 radical (unpaired) electrons. The van der Waals surface area contributed by atoms with Gasteiger partial charge in [0.05, 0.1) is 0 Å². The molecule has 6 heteroatoms. The molecule has 0 amide bonds. The Morgan fingerprint density at radius 1 is 1.19 bits per heavy atom. The highest BCUT2D eigenvalue weighted by Crippen LogP contribution is 2.28. The minimum Gasteiger partial charge on any atom is -0.322 e.